The van der Waals surface area contributed by atoms with Crippen LogP contribution in [-0.2, 0) is 22.6 Å². The first-order valence-electron chi connectivity index (χ1n) is 11.0. The normalized spacial score (nSPS) is 17.8. The zero-order chi connectivity index (χ0) is 27.2. The van der Waals surface area contributed by atoms with E-state index in [9.17, 15) is 32.3 Å². The van der Waals surface area contributed by atoms with Gasteiger partial charge in [-0.05, 0) is 45.6 Å². The van der Waals surface area contributed by atoms with E-state index in [1.54, 1.807) is 27.7 Å². The van der Waals surface area contributed by atoms with E-state index >= 15 is 0 Å². The molecule has 3 rings (SSSR count). The van der Waals surface area contributed by atoms with Gasteiger partial charge in [0.1, 0.15) is 10.4 Å². The van der Waals surface area contributed by atoms with Crippen LogP contribution in [0.15, 0.2) is 9.59 Å². The van der Waals surface area contributed by atoms with Gasteiger partial charge in [-0.2, -0.15) is 0 Å². The Hall–Kier alpha value is -3.07. The van der Waals surface area contributed by atoms with Gasteiger partial charge in [0.15, 0.2) is 0 Å². The van der Waals surface area contributed by atoms with Gasteiger partial charge in [0.2, 0.25) is 0 Å². The number of fused-ring (bicyclic) bond motifs is 1. The number of hydrazine groups is 1. The van der Waals surface area contributed by atoms with Crippen molar-refractivity contribution in [3.63, 3.8) is 0 Å². The second-order valence-electron chi connectivity index (χ2n) is 9.55. The Morgan fingerprint density at radius 2 is 1.86 bits per heavy atom. The van der Waals surface area contributed by atoms with Crippen LogP contribution in [-0.4, -0.2) is 44.8 Å². The highest BCUT2D eigenvalue weighted by atomic mass is 32.1. The second kappa shape index (κ2) is 9.76. The standard InChI is InChI=1S/C21H28F3N5O6S/c1-10-8-12(10)29-15(30)14-11(2)13(9-28(17(25)31)26-18(32)35-20(3,4)5)36-16(14)27(19(29)33)6-7-34-21(22,23)24/h10,12H,6-9H2,1-5H3,(H2,25,31)(H,26,32). The van der Waals surface area contributed by atoms with Gasteiger partial charge < -0.3 is 10.5 Å². The number of nitrogens with zero attached hydrogens (tertiary/aromatic N) is 3. The van der Waals surface area contributed by atoms with Crippen molar-refractivity contribution in [2.75, 3.05) is 6.61 Å². The fourth-order valence-electron chi connectivity index (χ4n) is 3.69. The number of halogens is 3. The van der Waals surface area contributed by atoms with Gasteiger partial charge in [-0.15, -0.1) is 24.5 Å². The Morgan fingerprint density at radius 1 is 1.25 bits per heavy atom. The number of primary amides is 1. The summed E-state index contributed by atoms with van der Waals surface area (Å²) in [6.45, 7) is 6.77. The average Bonchev–Trinajstić information content (AvgIpc) is 3.32. The van der Waals surface area contributed by atoms with Gasteiger partial charge in [0, 0.05) is 10.9 Å². The first-order chi connectivity index (χ1) is 16.5. The summed E-state index contributed by atoms with van der Waals surface area (Å²) in [5.74, 6) is 0.0644. The molecule has 0 aliphatic heterocycles. The van der Waals surface area contributed by atoms with Crippen molar-refractivity contribution in [2.24, 2.45) is 11.7 Å². The van der Waals surface area contributed by atoms with Crippen LogP contribution < -0.4 is 22.4 Å². The molecular formula is C21H28F3N5O6S. The molecule has 0 aromatic carbocycles. The maximum Gasteiger partial charge on any atom is 0.522 e. The summed E-state index contributed by atoms with van der Waals surface area (Å²) in [5.41, 5.74) is 5.89. The van der Waals surface area contributed by atoms with E-state index in [4.69, 9.17) is 10.5 Å². The van der Waals surface area contributed by atoms with Crippen molar-refractivity contribution in [1.82, 2.24) is 19.6 Å². The number of aryl methyl sites for hydroxylation is 1. The molecule has 15 heteroatoms. The fourth-order valence-corrected chi connectivity index (χ4v) is 5.00. The lowest BCUT2D eigenvalue weighted by Crippen LogP contribution is -2.49. The topological polar surface area (TPSA) is 138 Å². The van der Waals surface area contributed by atoms with E-state index in [1.807, 2.05) is 6.92 Å². The summed E-state index contributed by atoms with van der Waals surface area (Å²) in [7, 11) is 0. The number of hydrogen-bond donors (Lipinski definition) is 2. The zero-order valence-corrected chi connectivity index (χ0v) is 21.2. The van der Waals surface area contributed by atoms with Crippen molar-refractivity contribution >= 4 is 33.7 Å². The van der Waals surface area contributed by atoms with Crippen LogP contribution in [0.4, 0.5) is 22.8 Å². The third-order valence-corrected chi connectivity index (χ3v) is 6.81. The van der Waals surface area contributed by atoms with Crippen LogP contribution in [0.25, 0.3) is 10.2 Å². The Kier molecular flexibility index (Phi) is 7.46. The minimum absolute atomic E-state index is 0.0644. The van der Waals surface area contributed by atoms with Crippen LogP contribution in [0.3, 0.4) is 0 Å². The average molecular weight is 536 g/mol. The molecular weight excluding hydrogens is 507 g/mol. The van der Waals surface area contributed by atoms with Crippen molar-refractivity contribution in [2.45, 2.75) is 72.1 Å². The van der Waals surface area contributed by atoms with E-state index in [-0.39, 0.29) is 28.7 Å². The smallest absolute Gasteiger partial charge is 0.443 e. The number of rotatable bonds is 6. The quantitative estimate of drug-likeness (QED) is 0.546. The molecule has 2 aromatic heterocycles. The van der Waals surface area contributed by atoms with Crippen molar-refractivity contribution in [3.05, 3.63) is 31.3 Å². The van der Waals surface area contributed by atoms with E-state index in [2.05, 4.69) is 10.2 Å². The van der Waals surface area contributed by atoms with Crippen LogP contribution in [0.2, 0.25) is 0 Å². The number of alkyl halides is 3. The molecule has 2 atom stereocenters. The molecule has 2 heterocycles. The SMILES string of the molecule is Cc1c(CN(NC(=O)OC(C)(C)C)C(N)=O)sc2c1c(=O)n(C1CC1C)c(=O)n2CCOC(F)(F)F. The summed E-state index contributed by atoms with van der Waals surface area (Å²) in [5, 5.41) is 0.921. The number of aromatic nitrogens is 2. The first-order valence-corrected chi connectivity index (χ1v) is 11.9. The third kappa shape index (κ3) is 6.19. The second-order valence-corrected chi connectivity index (χ2v) is 10.6. The van der Waals surface area contributed by atoms with Crippen LogP contribution in [0.1, 0.15) is 50.6 Å². The molecule has 2 aromatic rings. The number of nitrogens with one attached hydrogen (secondary N) is 1. The van der Waals surface area contributed by atoms with E-state index in [0.717, 1.165) is 25.5 Å². The number of amides is 3. The molecule has 1 fully saturated rings. The lowest BCUT2D eigenvalue weighted by Gasteiger charge is -2.24. The molecule has 3 N–H and O–H groups in total. The Morgan fingerprint density at radius 3 is 2.36 bits per heavy atom. The minimum atomic E-state index is -4.88. The summed E-state index contributed by atoms with van der Waals surface area (Å²) in [6, 6.07) is -1.37. The number of hydrogen-bond acceptors (Lipinski definition) is 7. The van der Waals surface area contributed by atoms with Gasteiger partial charge in [0.25, 0.3) is 5.56 Å². The molecule has 0 saturated heterocycles. The lowest BCUT2D eigenvalue weighted by atomic mass is 10.2. The Bertz CT molecular complexity index is 1290. The maximum atomic E-state index is 13.3. The summed E-state index contributed by atoms with van der Waals surface area (Å²) in [4.78, 5) is 51.1. The van der Waals surface area contributed by atoms with Gasteiger partial charge in [-0.1, -0.05) is 6.92 Å². The number of thiophene rings is 1. The number of carbonyl (C=O) groups is 2. The van der Waals surface area contributed by atoms with Crippen molar-refractivity contribution < 1.29 is 32.2 Å². The summed E-state index contributed by atoms with van der Waals surface area (Å²) in [6.07, 6.45) is -5.23. The third-order valence-electron chi connectivity index (χ3n) is 5.51. The Balaban J connectivity index is 2.04. The number of ether oxygens (including phenoxy) is 2. The van der Waals surface area contributed by atoms with Crippen LogP contribution >= 0.6 is 11.3 Å². The van der Waals surface area contributed by atoms with E-state index in [1.165, 1.54) is 0 Å². The molecule has 1 aliphatic rings. The predicted molar refractivity (Wildman–Crippen MR) is 124 cm³/mol. The number of nitrogens with two attached hydrogens (primary N) is 1. The summed E-state index contributed by atoms with van der Waals surface area (Å²) < 4.78 is 48.7. The molecule has 0 bridgehead atoms. The van der Waals surface area contributed by atoms with Crippen LogP contribution in [0, 0.1) is 12.8 Å². The molecule has 11 nitrogen and oxygen atoms in total. The highest BCUT2D eigenvalue weighted by Gasteiger charge is 2.38. The summed E-state index contributed by atoms with van der Waals surface area (Å²) >= 11 is 0.936. The fraction of sp³-hybridized carbons (Fsp3) is 0.619. The van der Waals surface area contributed by atoms with Gasteiger partial charge in [-0.3, -0.25) is 18.7 Å². The minimum Gasteiger partial charge on any atom is -0.443 e. The Labute approximate surface area is 207 Å². The van der Waals surface area contributed by atoms with Gasteiger partial charge in [-0.25, -0.2) is 24.8 Å². The van der Waals surface area contributed by atoms with Gasteiger partial charge in [0.05, 0.1) is 25.1 Å². The molecule has 3 amide bonds. The maximum absolute atomic E-state index is 13.3. The largest absolute Gasteiger partial charge is 0.522 e. The van der Waals surface area contributed by atoms with Crippen LogP contribution in [0.5, 0.6) is 0 Å². The molecule has 200 valence electrons. The molecule has 1 saturated carbocycles. The lowest BCUT2D eigenvalue weighted by molar-refractivity contribution is -0.325. The molecule has 0 radical (unpaired) electrons. The number of carbonyl (C=O) groups excluding carboxylic acids is 2. The highest BCUT2D eigenvalue weighted by Crippen LogP contribution is 2.41. The monoisotopic (exact) mass is 535 g/mol. The highest BCUT2D eigenvalue weighted by molar-refractivity contribution is 7.18. The van der Waals surface area contributed by atoms with Crippen molar-refractivity contribution in [1.29, 1.82) is 0 Å². The molecule has 1 aliphatic carbocycles. The van der Waals surface area contributed by atoms with E-state index in [0.29, 0.717) is 16.9 Å². The van der Waals surface area contributed by atoms with Crippen molar-refractivity contribution in [3.8, 4) is 0 Å². The predicted octanol–water partition coefficient (Wildman–Crippen LogP) is 2.97. The molecule has 36 heavy (non-hydrogen) atoms. The molecule has 2 unspecified atom stereocenters. The zero-order valence-electron chi connectivity index (χ0n) is 20.4. The first kappa shape index (κ1) is 27.5. The van der Waals surface area contributed by atoms with Gasteiger partial charge >= 0.3 is 24.2 Å². The van der Waals surface area contributed by atoms with E-state index < -0.39 is 48.5 Å². The molecule has 0 spiro atoms. The number of urea groups is 1.